The van der Waals surface area contributed by atoms with E-state index in [9.17, 15) is 4.79 Å². The number of aromatic nitrogens is 3. The summed E-state index contributed by atoms with van der Waals surface area (Å²) in [4.78, 5) is 31.8. The van der Waals surface area contributed by atoms with Gasteiger partial charge in [0.15, 0.2) is 0 Å². The molecule has 0 bridgehead atoms. The van der Waals surface area contributed by atoms with Crippen LogP contribution in [0.4, 0.5) is 11.5 Å². The lowest BCUT2D eigenvalue weighted by atomic mass is 9.95. The van der Waals surface area contributed by atoms with Crippen molar-refractivity contribution in [2.45, 2.75) is 24.8 Å². The van der Waals surface area contributed by atoms with Gasteiger partial charge in [-0.2, -0.15) is 0 Å². The number of nitrogens with one attached hydrogen (secondary N) is 1. The van der Waals surface area contributed by atoms with Crippen LogP contribution >= 0.6 is 0 Å². The predicted octanol–water partition coefficient (Wildman–Crippen LogP) is 5.68. The van der Waals surface area contributed by atoms with Crippen LogP contribution in [0.1, 0.15) is 24.0 Å². The molecular weight excluding hydrogens is 508 g/mol. The normalized spacial score (nSPS) is 16.4. The van der Waals surface area contributed by atoms with Gasteiger partial charge in [0.1, 0.15) is 5.82 Å². The minimum absolute atomic E-state index is 0.0721. The largest absolute Gasteiger partial charge is 0.353 e. The monoisotopic (exact) mass is 540 g/mol. The van der Waals surface area contributed by atoms with E-state index in [1.54, 1.807) is 0 Å². The average molecular weight is 541 g/mol. The number of fused-ring (bicyclic) bond motifs is 1. The van der Waals surface area contributed by atoms with Gasteiger partial charge in [-0.1, -0.05) is 54.6 Å². The van der Waals surface area contributed by atoms with E-state index < -0.39 is 0 Å². The van der Waals surface area contributed by atoms with Gasteiger partial charge >= 0.3 is 0 Å². The summed E-state index contributed by atoms with van der Waals surface area (Å²) in [7, 11) is 0. The van der Waals surface area contributed by atoms with E-state index in [1.165, 1.54) is 5.56 Å². The fourth-order valence-corrected chi connectivity index (χ4v) is 5.74. The van der Waals surface area contributed by atoms with E-state index in [2.05, 4.69) is 50.4 Å². The van der Waals surface area contributed by atoms with Crippen LogP contribution in [0.2, 0.25) is 0 Å². The van der Waals surface area contributed by atoms with Crippen LogP contribution in [0.15, 0.2) is 104 Å². The predicted molar refractivity (Wildman–Crippen MR) is 163 cm³/mol. The number of anilines is 2. The van der Waals surface area contributed by atoms with Crippen molar-refractivity contribution in [2.24, 2.45) is 0 Å². The molecule has 7 nitrogen and oxygen atoms in total. The zero-order chi connectivity index (χ0) is 27.6. The number of amides is 1. The van der Waals surface area contributed by atoms with Gasteiger partial charge in [-0.15, -0.1) is 0 Å². The number of nitrogens with zero attached hydrogens (tertiary/aromatic N) is 5. The summed E-state index contributed by atoms with van der Waals surface area (Å²) >= 11 is 0. The maximum absolute atomic E-state index is 13.1. The summed E-state index contributed by atoms with van der Waals surface area (Å²) in [6.45, 7) is 4.70. The fraction of sp³-hybridized carbons (Fsp3) is 0.235. The highest BCUT2D eigenvalue weighted by Gasteiger charge is 2.51. The quantitative estimate of drug-likeness (QED) is 0.286. The minimum Gasteiger partial charge on any atom is -0.353 e. The molecule has 3 heterocycles. The molecule has 204 valence electrons. The summed E-state index contributed by atoms with van der Waals surface area (Å²) in [5.74, 6) is 0.990. The fourth-order valence-electron chi connectivity index (χ4n) is 5.74. The molecule has 1 saturated heterocycles. The molecule has 7 rings (SSSR count). The third-order valence-corrected chi connectivity index (χ3v) is 8.34. The number of hydrogen-bond donors (Lipinski definition) is 1. The number of piperazine rings is 1. The number of hydrogen-bond acceptors (Lipinski definition) is 6. The Kier molecular flexibility index (Phi) is 6.65. The Morgan fingerprint density at radius 1 is 0.805 bits per heavy atom. The molecule has 1 aliphatic carbocycles. The number of carbonyl (C=O) groups is 1. The van der Waals surface area contributed by atoms with Crippen molar-refractivity contribution in [1.82, 2.24) is 19.9 Å². The highest BCUT2D eigenvalue weighted by Crippen LogP contribution is 2.49. The van der Waals surface area contributed by atoms with E-state index in [1.807, 2.05) is 73.2 Å². The van der Waals surface area contributed by atoms with Crippen molar-refractivity contribution in [1.29, 1.82) is 0 Å². The van der Waals surface area contributed by atoms with Crippen LogP contribution in [0.5, 0.6) is 0 Å². The summed E-state index contributed by atoms with van der Waals surface area (Å²) in [5, 5.41) is 3.14. The first-order valence-electron chi connectivity index (χ1n) is 14.3. The topological polar surface area (TPSA) is 74.2 Å². The zero-order valence-corrected chi connectivity index (χ0v) is 22.9. The summed E-state index contributed by atoms with van der Waals surface area (Å²) in [6, 6.07) is 28.5. The first kappa shape index (κ1) is 25.4. The molecule has 7 heteroatoms. The van der Waals surface area contributed by atoms with Crippen LogP contribution in [-0.4, -0.2) is 51.9 Å². The molecule has 1 amide bonds. The molecule has 41 heavy (non-hydrogen) atoms. The van der Waals surface area contributed by atoms with Crippen LogP contribution in [0, 0.1) is 0 Å². The molecule has 2 aromatic heterocycles. The Bertz CT molecular complexity index is 1660. The van der Waals surface area contributed by atoms with Gasteiger partial charge in [-0.05, 0) is 65.4 Å². The van der Waals surface area contributed by atoms with E-state index >= 15 is 0 Å². The minimum atomic E-state index is -0.388. The van der Waals surface area contributed by atoms with Crippen molar-refractivity contribution >= 4 is 28.4 Å². The third-order valence-electron chi connectivity index (χ3n) is 8.34. The molecule has 5 aromatic rings. The molecule has 2 aliphatic rings. The Morgan fingerprint density at radius 3 is 2.32 bits per heavy atom. The second-order valence-corrected chi connectivity index (χ2v) is 11.0. The molecule has 0 spiro atoms. The van der Waals surface area contributed by atoms with Crippen molar-refractivity contribution in [3.63, 3.8) is 0 Å². The van der Waals surface area contributed by atoms with Gasteiger partial charge in [0.05, 0.1) is 22.6 Å². The van der Waals surface area contributed by atoms with Gasteiger partial charge in [0, 0.05) is 50.8 Å². The van der Waals surface area contributed by atoms with E-state index in [0.717, 1.165) is 84.8 Å². The molecule has 1 saturated carbocycles. The molecule has 0 radical (unpaired) electrons. The van der Waals surface area contributed by atoms with Crippen LogP contribution in [-0.2, 0) is 16.8 Å². The second-order valence-electron chi connectivity index (χ2n) is 11.0. The number of benzene rings is 3. The first-order valence-corrected chi connectivity index (χ1v) is 14.3. The summed E-state index contributed by atoms with van der Waals surface area (Å²) in [6.07, 6.45) is 7.43. The molecule has 0 unspecified atom stereocenters. The van der Waals surface area contributed by atoms with Crippen molar-refractivity contribution < 1.29 is 4.79 Å². The molecular formula is C34H32N6O. The SMILES string of the molecule is O=C(Nc1ccc(-c2ccc3ncc(N4CCN(Cc5cccnc5)CC4)nc3c2)cc1)C1(c2ccccc2)CC1. The van der Waals surface area contributed by atoms with Gasteiger partial charge in [-0.25, -0.2) is 4.98 Å². The maximum atomic E-state index is 13.1. The number of rotatable bonds is 7. The van der Waals surface area contributed by atoms with Gasteiger partial charge in [0.2, 0.25) is 5.91 Å². The Hall–Kier alpha value is -4.62. The Morgan fingerprint density at radius 2 is 1.59 bits per heavy atom. The van der Waals surface area contributed by atoms with Gasteiger partial charge in [-0.3, -0.25) is 19.7 Å². The highest BCUT2D eigenvalue weighted by molar-refractivity contribution is 6.01. The Labute approximate surface area is 239 Å². The number of carbonyl (C=O) groups excluding carboxylic acids is 1. The smallest absolute Gasteiger partial charge is 0.235 e. The lowest BCUT2D eigenvalue weighted by molar-refractivity contribution is -0.118. The van der Waals surface area contributed by atoms with E-state index in [0.29, 0.717) is 0 Å². The van der Waals surface area contributed by atoms with Crippen LogP contribution < -0.4 is 10.2 Å². The maximum Gasteiger partial charge on any atom is 0.235 e. The highest BCUT2D eigenvalue weighted by atomic mass is 16.2. The van der Waals surface area contributed by atoms with Crippen molar-refractivity contribution in [2.75, 3.05) is 36.4 Å². The van der Waals surface area contributed by atoms with E-state index in [-0.39, 0.29) is 11.3 Å². The lowest BCUT2D eigenvalue weighted by Gasteiger charge is -2.35. The standard InChI is InChI=1S/C34H32N6O/c41-33(34(14-15-34)28-6-2-1-3-7-28)37-29-11-8-26(9-12-29)27-10-13-30-31(21-27)38-32(23-36-30)40-19-17-39(18-20-40)24-25-5-4-16-35-22-25/h1-13,16,21-23H,14-15,17-20,24H2,(H,37,41). The summed E-state index contributed by atoms with van der Waals surface area (Å²) in [5.41, 5.74) is 6.68. The van der Waals surface area contributed by atoms with Crippen LogP contribution in [0.3, 0.4) is 0 Å². The Balaban J connectivity index is 1.02. The third kappa shape index (κ3) is 5.28. The molecule has 2 fully saturated rings. The van der Waals surface area contributed by atoms with E-state index in [4.69, 9.17) is 9.97 Å². The first-order chi connectivity index (χ1) is 20.2. The zero-order valence-electron chi connectivity index (χ0n) is 22.9. The van der Waals surface area contributed by atoms with Crippen molar-refractivity contribution in [3.05, 3.63) is 115 Å². The van der Waals surface area contributed by atoms with Gasteiger partial charge < -0.3 is 10.2 Å². The molecule has 1 aliphatic heterocycles. The molecule has 1 N–H and O–H groups in total. The molecule has 3 aromatic carbocycles. The molecule has 0 atom stereocenters. The number of pyridine rings is 1. The van der Waals surface area contributed by atoms with Crippen molar-refractivity contribution in [3.8, 4) is 11.1 Å². The van der Waals surface area contributed by atoms with Crippen LogP contribution in [0.25, 0.3) is 22.2 Å². The average Bonchev–Trinajstić information content (AvgIpc) is 3.85. The summed E-state index contributed by atoms with van der Waals surface area (Å²) < 4.78 is 0. The lowest BCUT2D eigenvalue weighted by Crippen LogP contribution is -2.46. The van der Waals surface area contributed by atoms with Gasteiger partial charge in [0.25, 0.3) is 0 Å². The second kappa shape index (κ2) is 10.7.